The van der Waals surface area contributed by atoms with Crippen molar-refractivity contribution in [2.24, 2.45) is 0 Å². The molecule has 1 saturated heterocycles. The summed E-state index contributed by atoms with van der Waals surface area (Å²) in [7, 11) is 0. The molecular formula is C19H20N4O3S. The zero-order chi connectivity index (χ0) is 18.5. The molecule has 0 aliphatic carbocycles. The van der Waals surface area contributed by atoms with Crippen LogP contribution in [-0.4, -0.2) is 40.7 Å². The topological polar surface area (TPSA) is 84.4 Å². The van der Waals surface area contributed by atoms with Gasteiger partial charge in [0, 0.05) is 31.0 Å². The molecule has 2 aromatic heterocycles. The molecule has 3 heterocycles. The number of nitrogens with zero attached hydrogens (tertiary/aromatic N) is 3. The third-order valence-corrected chi connectivity index (χ3v) is 5.32. The van der Waals surface area contributed by atoms with Crippen LogP contribution in [0.25, 0.3) is 0 Å². The van der Waals surface area contributed by atoms with Gasteiger partial charge in [-0.2, -0.15) is 11.8 Å². The fourth-order valence-electron chi connectivity index (χ4n) is 2.93. The first kappa shape index (κ1) is 17.7. The van der Waals surface area contributed by atoms with Crippen molar-refractivity contribution in [3.63, 3.8) is 0 Å². The number of nitrogens with one attached hydrogen (secondary N) is 1. The number of anilines is 1. The van der Waals surface area contributed by atoms with Crippen LogP contribution in [0.1, 0.15) is 27.9 Å². The first-order valence-electron chi connectivity index (χ1n) is 8.82. The predicted octanol–water partition coefficient (Wildman–Crippen LogP) is 2.93. The average molecular weight is 384 g/mol. The zero-order valence-electron chi connectivity index (χ0n) is 14.7. The summed E-state index contributed by atoms with van der Waals surface area (Å²) in [6.07, 6.45) is 3.45. The summed E-state index contributed by atoms with van der Waals surface area (Å²) < 4.78 is 10.9. The van der Waals surface area contributed by atoms with E-state index in [1.807, 2.05) is 42.1 Å². The summed E-state index contributed by atoms with van der Waals surface area (Å²) in [5.74, 6) is 2.26. The fraction of sp³-hybridized carbons (Fsp3) is 0.316. The van der Waals surface area contributed by atoms with Crippen LogP contribution < -0.4 is 10.2 Å². The molecule has 3 aromatic rings. The SMILES string of the molecule is O=C(N[C@H](Cc1ccccc1)c1nnc(N2CCSCC2)o1)c1ccoc1. The van der Waals surface area contributed by atoms with Crippen LogP contribution in [-0.2, 0) is 6.42 Å². The van der Waals surface area contributed by atoms with Gasteiger partial charge in [-0.1, -0.05) is 35.4 Å². The van der Waals surface area contributed by atoms with E-state index >= 15 is 0 Å². The van der Waals surface area contributed by atoms with Crippen molar-refractivity contribution >= 4 is 23.7 Å². The second-order valence-corrected chi connectivity index (χ2v) is 7.47. The molecule has 7 nitrogen and oxygen atoms in total. The molecule has 0 saturated carbocycles. The summed E-state index contributed by atoms with van der Waals surface area (Å²) >= 11 is 1.92. The Balaban J connectivity index is 1.55. The first-order chi connectivity index (χ1) is 13.3. The van der Waals surface area contributed by atoms with Gasteiger partial charge in [-0.3, -0.25) is 4.79 Å². The Bertz CT molecular complexity index is 860. The van der Waals surface area contributed by atoms with E-state index in [4.69, 9.17) is 8.83 Å². The quantitative estimate of drug-likeness (QED) is 0.699. The highest BCUT2D eigenvalue weighted by Crippen LogP contribution is 2.23. The highest BCUT2D eigenvalue weighted by atomic mass is 32.2. The van der Waals surface area contributed by atoms with E-state index in [0.717, 1.165) is 30.2 Å². The highest BCUT2D eigenvalue weighted by Gasteiger charge is 2.25. The minimum atomic E-state index is -0.421. The largest absolute Gasteiger partial charge is 0.472 e. The van der Waals surface area contributed by atoms with Gasteiger partial charge in [0.2, 0.25) is 5.89 Å². The Morgan fingerprint density at radius 3 is 2.74 bits per heavy atom. The maximum atomic E-state index is 12.5. The molecular weight excluding hydrogens is 364 g/mol. The average Bonchev–Trinajstić information content (AvgIpc) is 3.41. The zero-order valence-corrected chi connectivity index (χ0v) is 15.5. The van der Waals surface area contributed by atoms with Crippen molar-refractivity contribution in [2.45, 2.75) is 12.5 Å². The number of benzene rings is 1. The van der Waals surface area contributed by atoms with Crippen LogP contribution in [0.2, 0.25) is 0 Å². The molecule has 0 unspecified atom stereocenters. The van der Waals surface area contributed by atoms with Gasteiger partial charge in [-0.15, -0.1) is 5.10 Å². The van der Waals surface area contributed by atoms with Crippen LogP contribution in [0.3, 0.4) is 0 Å². The van der Waals surface area contributed by atoms with Gasteiger partial charge in [0.1, 0.15) is 12.3 Å². The Hall–Kier alpha value is -2.74. The van der Waals surface area contributed by atoms with E-state index in [0.29, 0.717) is 23.9 Å². The number of hydrogen-bond donors (Lipinski definition) is 1. The van der Waals surface area contributed by atoms with Crippen molar-refractivity contribution < 1.29 is 13.6 Å². The monoisotopic (exact) mass is 384 g/mol. The van der Waals surface area contributed by atoms with Crippen LogP contribution in [0, 0.1) is 0 Å². The van der Waals surface area contributed by atoms with Gasteiger partial charge in [0.15, 0.2) is 0 Å². The van der Waals surface area contributed by atoms with Gasteiger partial charge in [-0.25, -0.2) is 0 Å². The minimum Gasteiger partial charge on any atom is -0.472 e. The lowest BCUT2D eigenvalue weighted by molar-refractivity contribution is 0.0929. The van der Waals surface area contributed by atoms with Crippen LogP contribution in [0.5, 0.6) is 0 Å². The molecule has 1 atom stereocenters. The molecule has 1 N–H and O–H groups in total. The molecule has 27 heavy (non-hydrogen) atoms. The molecule has 140 valence electrons. The van der Waals surface area contributed by atoms with Gasteiger partial charge < -0.3 is 19.1 Å². The number of furan rings is 1. The van der Waals surface area contributed by atoms with E-state index in [-0.39, 0.29) is 5.91 Å². The second kappa shape index (κ2) is 8.30. The second-order valence-electron chi connectivity index (χ2n) is 6.25. The lowest BCUT2D eigenvalue weighted by atomic mass is 10.1. The highest BCUT2D eigenvalue weighted by molar-refractivity contribution is 7.99. The van der Waals surface area contributed by atoms with Crippen LogP contribution >= 0.6 is 11.8 Å². The summed E-state index contributed by atoms with van der Waals surface area (Å²) in [6.45, 7) is 1.77. The van der Waals surface area contributed by atoms with E-state index in [1.165, 1.54) is 12.5 Å². The Morgan fingerprint density at radius 2 is 2.00 bits per heavy atom. The summed E-state index contributed by atoms with van der Waals surface area (Å²) in [5.41, 5.74) is 1.53. The Kier molecular flexibility index (Phi) is 5.43. The first-order valence-corrected chi connectivity index (χ1v) is 9.98. The Labute approximate surface area is 161 Å². The number of aromatic nitrogens is 2. The standard InChI is InChI=1S/C19H20N4O3S/c24-17(15-6-9-25-13-15)20-16(12-14-4-2-1-3-5-14)18-21-22-19(26-18)23-7-10-27-11-8-23/h1-6,9,13,16H,7-8,10-12H2,(H,20,24)/t16-/m1/s1. The van der Waals surface area contributed by atoms with Crippen molar-refractivity contribution in [3.05, 3.63) is 65.9 Å². The third-order valence-electron chi connectivity index (χ3n) is 4.38. The number of rotatable bonds is 6. The molecule has 1 aromatic carbocycles. The van der Waals surface area contributed by atoms with E-state index in [2.05, 4.69) is 20.4 Å². The van der Waals surface area contributed by atoms with E-state index in [9.17, 15) is 4.79 Å². The third kappa shape index (κ3) is 4.33. The molecule has 1 amide bonds. The molecule has 4 rings (SSSR count). The summed E-state index contributed by atoms with van der Waals surface area (Å²) in [4.78, 5) is 14.6. The number of carbonyl (C=O) groups is 1. The van der Waals surface area contributed by atoms with Crippen molar-refractivity contribution in [2.75, 3.05) is 29.5 Å². The van der Waals surface area contributed by atoms with Crippen molar-refractivity contribution in [3.8, 4) is 0 Å². The van der Waals surface area contributed by atoms with Gasteiger partial charge in [-0.05, 0) is 11.6 Å². The number of hydrogen-bond acceptors (Lipinski definition) is 7. The molecule has 8 heteroatoms. The van der Waals surface area contributed by atoms with E-state index in [1.54, 1.807) is 6.07 Å². The van der Waals surface area contributed by atoms with Gasteiger partial charge >= 0.3 is 6.01 Å². The van der Waals surface area contributed by atoms with E-state index < -0.39 is 6.04 Å². The maximum Gasteiger partial charge on any atom is 0.318 e. The van der Waals surface area contributed by atoms with Crippen LogP contribution in [0.4, 0.5) is 6.01 Å². The molecule has 1 aliphatic heterocycles. The molecule has 1 aliphatic rings. The lowest BCUT2D eigenvalue weighted by Crippen LogP contribution is -2.32. The molecule has 0 spiro atoms. The predicted molar refractivity (Wildman–Crippen MR) is 103 cm³/mol. The van der Waals surface area contributed by atoms with Crippen LogP contribution in [0.15, 0.2) is 57.8 Å². The number of amides is 1. The molecule has 0 radical (unpaired) electrons. The number of thioether (sulfide) groups is 1. The summed E-state index contributed by atoms with van der Waals surface area (Å²) in [6, 6.07) is 11.6. The lowest BCUT2D eigenvalue weighted by Gasteiger charge is -2.24. The normalized spacial score (nSPS) is 15.5. The maximum absolute atomic E-state index is 12.5. The summed E-state index contributed by atoms with van der Waals surface area (Å²) in [5, 5.41) is 11.4. The molecule has 0 bridgehead atoms. The number of carbonyl (C=O) groups excluding carboxylic acids is 1. The molecule has 1 fully saturated rings. The smallest absolute Gasteiger partial charge is 0.318 e. The fourth-order valence-corrected chi connectivity index (χ4v) is 3.84. The minimum absolute atomic E-state index is 0.237. The Morgan fingerprint density at radius 1 is 1.19 bits per heavy atom. The van der Waals surface area contributed by atoms with Crippen molar-refractivity contribution in [1.82, 2.24) is 15.5 Å². The van der Waals surface area contributed by atoms with Gasteiger partial charge in [0.25, 0.3) is 5.91 Å². The van der Waals surface area contributed by atoms with Gasteiger partial charge in [0.05, 0.1) is 11.8 Å². The van der Waals surface area contributed by atoms with Crippen molar-refractivity contribution in [1.29, 1.82) is 0 Å².